The van der Waals surface area contributed by atoms with Crippen LogP contribution in [0.15, 0.2) is 36.7 Å². The molecular weight excluding hydrogens is 296 g/mol. The lowest BCUT2D eigenvalue weighted by Crippen LogP contribution is -2.40. The third kappa shape index (κ3) is 3.57. The molecule has 0 spiro atoms. The zero-order valence-electron chi connectivity index (χ0n) is 12.9. The number of aromatic nitrogens is 2. The van der Waals surface area contributed by atoms with Crippen molar-refractivity contribution >= 4 is 17.5 Å². The van der Waals surface area contributed by atoms with Gasteiger partial charge in [0.1, 0.15) is 0 Å². The van der Waals surface area contributed by atoms with Crippen LogP contribution in [-0.2, 0) is 11.8 Å². The van der Waals surface area contributed by atoms with E-state index in [-0.39, 0.29) is 11.8 Å². The maximum atomic E-state index is 12.5. The maximum Gasteiger partial charge on any atom is 0.258 e. The van der Waals surface area contributed by atoms with Crippen molar-refractivity contribution in [3.8, 4) is 0 Å². The van der Waals surface area contributed by atoms with Gasteiger partial charge in [0.15, 0.2) is 0 Å². The smallest absolute Gasteiger partial charge is 0.258 e. The van der Waals surface area contributed by atoms with Gasteiger partial charge in [0.25, 0.3) is 11.8 Å². The molecule has 7 heteroatoms. The number of nitrogens with one attached hydrogen (secondary N) is 1. The SMILES string of the molecule is Cn1cc(C(=O)Nc2cccc(C(=O)N3CCOCC3)c2)cn1. The van der Waals surface area contributed by atoms with Crippen molar-refractivity contribution in [3.05, 3.63) is 47.8 Å². The fourth-order valence-electron chi connectivity index (χ4n) is 2.42. The standard InChI is InChI=1S/C16H18N4O3/c1-19-11-13(10-17-19)15(21)18-14-4-2-3-12(9-14)16(22)20-5-7-23-8-6-20/h2-4,9-11H,5-8H2,1H3,(H,18,21). The third-order valence-corrected chi connectivity index (χ3v) is 3.63. The van der Waals surface area contributed by atoms with Crippen molar-refractivity contribution in [1.82, 2.24) is 14.7 Å². The molecule has 0 aliphatic carbocycles. The Morgan fingerprint density at radius 2 is 2.00 bits per heavy atom. The number of anilines is 1. The summed E-state index contributed by atoms with van der Waals surface area (Å²) in [7, 11) is 1.75. The van der Waals surface area contributed by atoms with E-state index in [0.29, 0.717) is 43.1 Å². The van der Waals surface area contributed by atoms with E-state index in [1.807, 2.05) is 0 Å². The van der Waals surface area contributed by atoms with Crippen LogP contribution >= 0.6 is 0 Å². The molecule has 1 saturated heterocycles. The van der Waals surface area contributed by atoms with Crippen LogP contribution in [0.2, 0.25) is 0 Å². The van der Waals surface area contributed by atoms with Crippen LogP contribution in [0.1, 0.15) is 20.7 Å². The van der Waals surface area contributed by atoms with E-state index in [1.165, 1.54) is 6.20 Å². The Balaban J connectivity index is 1.71. The topological polar surface area (TPSA) is 76.5 Å². The van der Waals surface area contributed by atoms with Gasteiger partial charge >= 0.3 is 0 Å². The number of rotatable bonds is 3. The van der Waals surface area contributed by atoms with Crippen LogP contribution in [0.4, 0.5) is 5.69 Å². The van der Waals surface area contributed by atoms with Crippen LogP contribution in [0.3, 0.4) is 0 Å². The van der Waals surface area contributed by atoms with E-state index < -0.39 is 0 Å². The monoisotopic (exact) mass is 314 g/mol. The molecule has 1 aromatic carbocycles. The van der Waals surface area contributed by atoms with Gasteiger partial charge in [-0.3, -0.25) is 14.3 Å². The Kier molecular flexibility index (Phi) is 4.38. The highest BCUT2D eigenvalue weighted by atomic mass is 16.5. The molecule has 1 aliphatic heterocycles. The molecule has 3 rings (SSSR count). The summed E-state index contributed by atoms with van der Waals surface area (Å²) in [5.41, 5.74) is 1.60. The van der Waals surface area contributed by atoms with Crippen molar-refractivity contribution in [3.63, 3.8) is 0 Å². The lowest BCUT2D eigenvalue weighted by Gasteiger charge is -2.27. The summed E-state index contributed by atoms with van der Waals surface area (Å²) < 4.78 is 6.82. The van der Waals surface area contributed by atoms with E-state index in [9.17, 15) is 9.59 Å². The zero-order valence-corrected chi connectivity index (χ0v) is 12.9. The molecule has 0 radical (unpaired) electrons. The van der Waals surface area contributed by atoms with Gasteiger partial charge in [-0.05, 0) is 18.2 Å². The molecule has 0 unspecified atom stereocenters. The van der Waals surface area contributed by atoms with Crippen LogP contribution in [-0.4, -0.2) is 52.8 Å². The minimum absolute atomic E-state index is 0.0502. The van der Waals surface area contributed by atoms with Crippen LogP contribution in [0.25, 0.3) is 0 Å². The molecule has 1 fully saturated rings. The lowest BCUT2D eigenvalue weighted by molar-refractivity contribution is 0.0303. The zero-order chi connectivity index (χ0) is 16.2. The van der Waals surface area contributed by atoms with Gasteiger partial charge in [-0.2, -0.15) is 5.10 Å². The Labute approximate surface area is 133 Å². The van der Waals surface area contributed by atoms with Gasteiger partial charge in [0.05, 0.1) is 25.0 Å². The lowest BCUT2D eigenvalue weighted by atomic mass is 10.1. The van der Waals surface area contributed by atoms with Crippen LogP contribution in [0.5, 0.6) is 0 Å². The molecular formula is C16H18N4O3. The molecule has 2 amide bonds. The van der Waals surface area contributed by atoms with Gasteiger partial charge in [0.2, 0.25) is 0 Å². The predicted octanol–water partition coefficient (Wildman–Crippen LogP) is 1.14. The minimum Gasteiger partial charge on any atom is -0.378 e. The van der Waals surface area contributed by atoms with Crippen molar-refractivity contribution in [2.45, 2.75) is 0 Å². The number of benzene rings is 1. The second kappa shape index (κ2) is 6.62. The van der Waals surface area contributed by atoms with E-state index in [2.05, 4.69) is 10.4 Å². The Bertz CT molecular complexity index is 720. The quantitative estimate of drug-likeness (QED) is 0.922. The molecule has 0 saturated carbocycles. The summed E-state index contributed by atoms with van der Waals surface area (Å²) in [4.78, 5) is 26.3. The minimum atomic E-state index is -0.255. The number of morpholine rings is 1. The molecule has 2 heterocycles. The summed E-state index contributed by atoms with van der Waals surface area (Å²) >= 11 is 0. The molecule has 1 aromatic heterocycles. The largest absolute Gasteiger partial charge is 0.378 e. The summed E-state index contributed by atoms with van der Waals surface area (Å²) in [6.45, 7) is 2.29. The van der Waals surface area contributed by atoms with Crippen molar-refractivity contribution in [1.29, 1.82) is 0 Å². The van der Waals surface area contributed by atoms with Crippen molar-refractivity contribution < 1.29 is 14.3 Å². The first-order chi connectivity index (χ1) is 11.1. The summed E-state index contributed by atoms with van der Waals surface area (Å²) in [5.74, 6) is -0.306. The summed E-state index contributed by atoms with van der Waals surface area (Å²) in [5, 5.41) is 6.75. The number of nitrogens with zero attached hydrogens (tertiary/aromatic N) is 3. The highest BCUT2D eigenvalue weighted by Gasteiger charge is 2.19. The Hall–Kier alpha value is -2.67. The first-order valence-corrected chi connectivity index (χ1v) is 7.40. The Morgan fingerprint density at radius 1 is 1.22 bits per heavy atom. The predicted molar refractivity (Wildman–Crippen MR) is 84.3 cm³/mol. The van der Waals surface area contributed by atoms with E-state index in [0.717, 1.165) is 0 Å². The second-order valence-corrected chi connectivity index (χ2v) is 5.34. The van der Waals surface area contributed by atoms with E-state index in [4.69, 9.17) is 4.74 Å². The Morgan fingerprint density at radius 3 is 2.70 bits per heavy atom. The number of carbonyl (C=O) groups is 2. The third-order valence-electron chi connectivity index (χ3n) is 3.63. The van der Waals surface area contributed by atoms with Crippen LogP contribution in [0, 0.1) is 0 Å². The molecule has 2 aromatic rings. The van der Waals surface area contributed by atoms with Gasteiger partial charge in [0, 0.05) is 37.6 Å². The fourth-order valence-corrected chi connectivity index (χ4v) is 2.42. The van der Waals surface area contributed by atoms with Crippen molar-refractivity contribution in [2.24, 2.45) is 7.05 Å². The number of hydrogen-bond donors (Lipinski definition) is 1. The fraction of sp³-hybridized carbons (Fsp3) is 0.312. The van der Waals surface area contributed by atoms with E-state index >= 15 is 0 Å². The van der Waals surface area contributed by atoms with Gasteiger partial charge in [-0.25, -0.2) is 0 Å². The first-order valence-electron chi connectivity index (χ1n) is 7.40. The highest BCUT2D eigenvalue weighted by Crippen LogP contribution is 2.15. The molecule has 7 nitrogen and oxygen atoms in total. The number of aryl methyl sites for hydroxylation is 1. The maximum absolute atomic E-state index is 12.5. The number of amides is 2. The second-order valence-electron chi connectivity index (χ2n) is 5.34. The van der Waals surface area contributed by atoms with Crippen molar-refractivity contribution in [2.75, 3.05) is 31.6 Å². The molecule has 1 N–H and O–H groups in total. The van der Waals surface area contributed by atoms with Gasteiger partial charge in [-0.1, -0.05) is 6.07 Å². The average Bonchev–Trinajstić information content (AvgIpc) is 3.02. The number of carbonyl (C=O) groups excluding carboxylic acids is 2. The molecule has 120 valence electrons. The normalized spacial score (nSPS) is 14.6. The number of hydrogen-bond acceptors (Lipinski definition) is 4. The highest BCUT2D eigenvalue weighted by molar-refractivity contribution is 6.04. The molecule has 0 atom stereocenters. The van der Waals surface area contributed by atoms with Crippen LogP contribution < -0.4 is 5.32 Å². The first kappa shape index (κ1) is 15.2. The molecule has 1 aliphatic rings. The van der Waals surface area contributed by atoms with Gasteiger partial charge in [-0.15, -0.1) is 0 Å². The average molecular weight is 314 g/mol. The number of ether oxygens (including phenoxy) is 1. The molecule has 23 heavy (non-hydrogen) atoms. The van der Waals surface area contributed by atoms with E-state index in [1.54, 1.807) is 47.1 Å². The van der Waals surface area contributed by atoms with Gasteiger partial charge < -0.3 is 15.0 Å². The summed E-state index contributed by atoms with van der Waals surface area (Å²) in [6.07, 6.45) is 3.14. The summed E-state index contributed by atoms with van der Waals surface area (Å²) in [6, 6.07) is 6.94. The molecule has 0 bridgehead atoms.